The number of carbonyl (C=O) groups is 4. The third kappa shape index (κ3) is 12.5. The van der Waals surface area contributed by atoms with Gasteiger partial charge >= 0.3 is 11.9 Å². The fourth-order valence-corrected chi connectivity index (χ4v) is 4.73. The second kappa shape index (κ2) is 19.4. The molecule has 0 saturated heterocycles. The van der Waals surface area contributed by atoms with E-state index in [1.165, 1.54) is 0 Å². The average molecular weight is 661 g/mol. The standard InChI is InChI=1S/C33H44N2O12/c1-2-3-4-14-34-19-25(29(38)22-8-12-26-27(18-22)46-17-16-45-26)35-28(37)13-15-44-24-10-6-21(7-11-24)5-9-23(36)20-47-31(33(42)43)30(39)32(40)41/h6-8,10-12,18,25,29-31,34,38-39H,2-5,9,13-17,19-20H2,1H3,(H,35,37)(H,40,41)(H,42,43)/t25-,29-,30?,31?/m1/s1. The largest absolute Gasteiger partial charge is 0.493 e. The van der Waals surface area contributed by atoms with Gasteiger partial charge in [0.2, 0.25) is 5.91 Å². The van der Waals surface area contributed by atoms with Crippen LogP contribution in [0.2, 0.25) is 0 Å². The lowest BCUT2D eigenvalue weighted by Gasteiger charge is -2.26. The van der Waals surface area contributed by atoms with E-state index in [-0.39, 0.29) is 25.4 Å². The summed E-state index contributed by atoms with van der Waals surface area (Å²) >= 11 is 0. The summed E-state index contributed by atoms with van der Waals surface area (Å²) in [6.07, 6.45) is -1.83. The maximum atomic E-state index is 12.9. The highest BCUT2D eigenvalue weighted by atomic mass is 16.6. The lowest BCUT2D eigenvalue weighted by molar-refractivity contribution is -0.171. The van der Waals surface area contributed by atoms with E-state index in [0.717, 1.165) is 31.4 Å². The molecule has 0 aromatic heterocycles. The lowest BCUT2D eigenvalue weighted by atomic mass is 10.0. The molecule has 1 heterocycles. The number of carboxylic acid groups (broad SMARTS) is 2. The third-order valence-electron chi connectivity index (χ3n) is 7.38. The number of aliphatic hydroxyl groups is 2. The highest BCUT2D eigenvalue weighted by Gasteiger charge is 2.33. The van der Waals surface area contributed by atoms with Gasteiger partial charge < -0.3 is 50.0 Å². The Hall–Kier alpha value is -4.24. The zero-order valence-electron chi connectivity index (χ0n) is 26.4. The molecule has 6 N–H and O–H groups in total. The van der Waals surface area contributed by atoms with Gasteiger partial charge in [-0.05, 0) is 54.8 Å². The van der Waals surface area contributed by atoms with Crippen LogP contribution in [0.25, 0.3) is 0 Å². The summed E-state index contributed by atoms with van der Waals surface area (Å²) in [5, 5.41) is 44.6. The molecule has 1 aliphatic heterocycles. The van der Waals surface area contributed by atoms with E-state index in [4.69, 9.17) is 29.2 Å². The van der Waals surface area contributed by atoms with Crippen LogP contribution >= 0.6 is 0 Å². The summed E-state index contributed by atoms with van der Waals surface area (Å²) in [4.78, 5) is 46.9. The van der Waals surface area contributed by atoms with E-state index in [2.05, 4.69) is 17.6 Å². The molecule has 1 amide bonds. The van der Waals surface area contributed by atoms with E-state index < -0.39 is 48.7 Å². The van der Waals surface area contributed by atoms with Gasteiger partial charge in [0, 0.05) is 13.0 Å². The van der Waals surface area contributed by atoms with Crippen molar-refractivity contribution in [2.45, 2.75) is 69.8 Å². The van der Waals surface area contributed by atoms with E-state index in [9.17, 15) is 29.4 Å². The van der Waals surface area contributed by atoms with Crippen LogP contribution < -0.4 is 24.8 Å². The van der Waals surface area contributed by atoms with E-state index in [1.807, 2.05) is 0 Å². The number of rotatable bonds is 22. The Morgan fingerprint density at radius 1 is 0.915 bits per heavy atom. The van der Waals surface area contributed by atoms with Gasteiger partial charge in [-0.2, -0.15) is 0 Å². The molecule has 2 aromatic rings. The summed E-state index contributed by atoms with van der Waals surface area (Å²) in [5.74, 6) is -2.54. The van der Waals surface area contributed by atoms with E-state index >= 15 is 0 Å². The number of unbranched alkanes of at least 4 members (excludes halogenated alkanes) is 2. The van der Waals surface area contributed by atoms with Gasteiger partial charge in [0.15, 0.2) is 29.5 Å². The first-order valence-corrected chi connectivity index (χ1v) is 15.7. The van der Waals surface area contributed by atoms with Crippen LogP contribution in [0.4, 0.5) is 0 Å². The molecule has 14 heteroatoms. The minimum absolute atomic E-state index is 0.00260. The van der Waals surface area contributed by atoms with Crippen molar-refractivity contribution in [3.63, 3.8) is 0 Å². The number of hydrogen-bond acceptors (Lipinski definition) is 11. The molecule has 0 aliphatic carbocycles. The number of amides is 1. The van der Waals surface area contributed by atoms with Crippen LogP contribution in [-0.2, 0) is 30.3 Å². The minimum Gasteiger partial charge on any atom is -0.493 e. The van der Waals surface area contributed by atoms with Crippen molar-refractivity contribution < 1.29 is 58.6 Å². The second-order valence-corrected chi connectivity index (χ2v) is 11.1. The third-order valence-corrected chi connectivity index (χ3v) is 7.38. The predicted octanol–water partition coefficient (Wildman–Crippen LogP) is 1.64. The molecule has 3 rings (SSSR count). The van der Waals surface area contributed by atoms with Crippen LogP contribution in [0.3, 0.4) is 0 Å². The molecule has 0 bridgehead atoms. The van der Waals surface area contributed by atoms with Crippen molar-refractivity contribution in [3.8, 4) is 17.2 Å². The number of fused-ring (bicyclic) bond motifs is 1. The number of aryl methyl sites for hydroxylation is 1. The molecule has 0 radical (unpaired) electrons. The van der Waals surface area contributed by atoms with Crippen molar-refractivity contribution in [1.29, 1.82) is 0 Å². The van der Waals surface area contributed by atoms with Gasteiger partial charge in [-0.15, -0.1) is 0 Å². The van der Waals surface area contributed by atoms with Gasteiger partial charge in [0.05, 0.1) is 19.1 Å². The monoisotopic (exact) mass is 660 g/mol. The second-order valence-electron chi connectivity index (χ2n) is 11.1. The predicted molar refractivity (Wildman–Crippen MR) is 168 cm³/mol. The molecule has 1 aliphatic rings. The number of ketones is 1. The number of Topliss-reactive ketones (excluding diaryl/α,β-unsaturated/α-hetero) is 1. The van der Waals surface area contributed by atoms with Crippen LogP contribution in [0.1, 0.15) is 56.3 Å². The molecule has 258 valence electrons. The van der Waals surface area contributed by atoms with Crippen molar-refractivity contribution in [3.05, 3.63) is 53.6 Å². The van der Waals surface area contributed by atoms with Crippen LogP contribution in [0, 0.1) is 0 Å². The molecule has 14 nitrogen and oxygen atoms in total. The number of aliphatic carboxylic acids is 2. The number of benzene rings is 2. The molecular weight excluding hydrogens is 616 g/mol. The average Bonchev–Trinajstić information content (AvgIpc) is 3.06. The number of carboxylic acids is 2. The summed E-state index contributed by atoms with van der Waals surface area (Å²) in [6.45, 7) is 3.56. The van der Waals surface area contributed by atoms with Crippen molar-refractivity contribution in [2.75, 3.05) is 39.5 Å². The van der Waals surface area contributed by atoms with Crippen LogP contribution in [0.5, 0.6) is 17.2 Å². The minimum atomic E-state index is -2.30. The first-order valence-electron chi connectivity index (χ1n) is 15.7. The van der Waals surface area contributed by atoms with Crippen LogP contribution in [0.15, 0.2) is 42.5 Å². The fourth-order valence-electron chi connectivity index (χ4n) is 4.73. The van der Waals surface area contributed by atoms with Crippen LogP contribution in [-0.4, -0.2) is 102 Å². The summed E-state index contributed by atoms with van der Waals surface area (Å²) in [6, 6.07) is 11.5. The zero-order valence-corrected chi connectivity index (χ0v) is 26.4. The van der Waals surface area contributed by atoms with Crippen molar-refractivity contribution >= 4 is 23.6 Å². The van der Waals surface area contributed by atoms with Gasteiger partial charge in [0.25, 0.3) is 0 Å². The Morgan fingerprint density at radius 3 is 2.32 bits per heavy atom. The summed E-state index contributed by atoms with van der Waals surface area (Å²) < 4.78 is 21.7. The number of aliphatic hydroxyl groups excluding tert-OH is 2. The van der Waals surface area contributed by atoms with Gasteiger partial charge in [-0.3, -0.25) is 9.59 Å². The van der Waals surface area contributed by atoms with E-state index in [1.54, 1.807) is 42.5 Å². The fraction of sp³-hybridized carbons (Fsp3) is 0.515. The highest BCUT2D eigenvalue weighted by Crippen LogP contribution is 2.33. The normalized spacial score (nSPS) is 14.8. The quantitative estimate of drug-likeness (QED) is 0.0994. The molecule has 47 heavy (non-hydrogen) atoms. The SMILES string of the molecule is CCCCCNC[C@@H](NC(=O)CCOc1ccc(CCC(=O)COC(C(=O)O)C(O)C(=O)O)cc1)[C@H](O)c1ccc2c(c1)OCCO2. The molecule has 0 saturated carbocycles. The lowest BCUT2D eigenvalue weighted by Crippen LogP contribution is -2.46. The molecule has 2 aromatic carbocycles. The molecule has 0 spiro atoms. The van der Waals surface area contributed by atoms with Gasteiger partial charge in [-0.1, -0.05) is 38.0 Å². The number of ether oxygens (including phenoxy) is 4. The molecule has 2 unspecified atom stereocenters. The number of hydrogen-bond donors (Lipinski definition) is 6. The Kier molecular flexibility index (Phi) is 15.4. The molecular formula is C33H44N2O12. The first kappa shape index (κ1) is 37.2. The van der Waals surface area contributed by atoms with Crippen molar-refractivity contribution in [2.24, 2.45) is 0 Å². The van der Waals surface area contributed by atoms with E-state index in [0.29, 0.717) is 49.0 Å². The van der Waals surface area contributed by atoms with Crippen molar-refractivity contribution in [1.82, 2.24) is 10.6 Å². The molecule has 0 fully saturated rings. The van der Waals surface area contributed by atoms with Gasteiger partial charge in [-0.25, -0.2) is 9.59 Å². The highest BCUT2D eigenvalue weighted by molar-refractivity contribution is 5.84. The summed E-state index contributed by atoms with van der Waals surface area (Å²) in [5.41, 5.74) is 1.38. The Labute approximate surface area is 273 Å². The maximum absolute atomic E-state index is 12.9. The number of carbonyl (C=O) groups excluding carboxylic acids is 2. The smallest absolute Gasteiger partial charge is 0.336 e. The number of nitrogens with one attached hydrogen (secondary N) is 2. The maximum Gasteiger partial charge on any atom is 0.336 e. The van der Waals surface area contributed by atoms with Gasteiger partial charge in [0.1, 0.15) is 31.7 Å². The topological polar surface area (TPSA) is 210 Å². The first-order chi connectivity index (χ1) is 22.6. The Morgan fingerprint density at radius 2 is 1.64 bits per heavy atom. The summed E-state index contributed by atoms with van der Waals surface area (Å²) in [7, 11) is 0. The Balaban J connectivity index is 1.45. The zero-order chi connectivity index (χ0) is 34.2. The Bertz CT molecular complexity index is 1320. The molecule has 4 atom stereocenters.